The molecule has 0 aliphatic carbocycles. The summed E-state index contributed by atoms with van der Waals surface area (Å²) >= 11 is 0. The normalized spacial score (nSPS) is 12.0. The van der Waals surface area contributed by atoms with Gasteiger partial charge in [0.1, 0.15) is 69.3 Å². The van der Waals surface area contributed by atoms with Gasteiger partial charge in [-0.25, -0.2) is 19.9 Å². The molecule has 14 nitrogen and oxygen atoms in total. The molecule has 0 amide bonds. The van der Waals surface area contributed by atoms with Crippen LogP contribution in [0.25, 0.3) is 44.8 Å². The van der Waals surface area contributed by atoms with E-state index < -0.39 is 12.2 Å². The molecule has 0 aliphatic heterocycles. The zero-order valence-electron chi connectivity index (χ0n) is 28.9. The van der Waals surface area contributed by atoms with E-state index in [4.69, 9.17) is 11.5 Å². The largest absolute Gasteiger partial charge is 0.384 e. The van der Waals surface area contributed by atoms with Crippen LogP contribution < -0.4 is 22.3 Å². The Kier molecular flexibility index (Phi) is 11.3. The van der Waals surface area contributed by atoms with Gasteiger partial charge < -0.3 is 40.8 Å². The lowest BCUT2D eigenvalue weighted by molar-refractivity contribution is 0.221. The highest BCUT2D eigenvalue weighted by atomic mass is 16.3. The number of hydrogen-bond acceptors (Lipinski definition) is 10. The van der Waals surface area contributed by atoms with Crippen LogP contribution in [0.5, 0.6) is 0 Å². The third-order valence-corrected chi connectivity index (χ3v) is 8.08. The first-order valence-corrected chi connectivity index (χ1v) is 16.7. The minimum Gasteiger partial charge on any atom is -0.384 e. The van der Waals surface area contributed by atoms with E-state index in [0.717, 1.165) is 6.42 Å². The number of nitrogens with one attached hydrogen (secondary N) is 2. The molecule has 6 aromatic heterocycles. The molecule has 0 saturated carbocycles. The fourth-order valence-electron chi connectivity index (χ4n) is 5.47. The molecule has 6 aromatic rings. The van der Waals surface area contributed by atoms with Crippen LogP contribution in [0.15, 0.2) is 58.6 Å². The van der Waals surface area contributed by atoms with Crippen molar-refractivity contribution in [2.24, 2.45) is 0 Å². The predicted octanol–water partition coefficient (Wildman–Crippen LogP) is 3.41. The topological polar surface area (TPSA) is 220 Å². The number of nitrogen functional groups attached to an aromatic ring is 2. The second-order valence-corrected chi connectivity index (χ2v) is 11.4. The molecular weight excluding hydrogens is 648 g/mol. The molecule has 0 fully saturated rings. The fraction of sp³-hybridized carbons (Fsp3) is 0.297. The first-order valence-electron chi connectivity index (χ1n) is 16.7. The number of anilines is 2. The second kappa shape index (κ2) is 16.0. The number of imidazole rings is 2. The third kappa shape index (κ3) is 7.52. The van der Waals surface area contributed by atoms with Gasteiger partial charge in [-0.1, -0.05) is 32.1 Å². The lowest BCUT2D eigenvalue weighted by atomic mass is 10.1. The van der Waals surface area contributed by atoms with E-state index in [0.29, 0.717) is 93.8 Å². The van der Waals surface area contributed by atoms with Gasteiger partial charge in [-0.15, -0.1) is 0 Å². The first kappa shape index (κ1) is 36.1. The van der Waals surface area contributed by atoms with E-state index in [1.54, 1.807) is 58.2 Å². The van der Waals surface area contributed by atoms with Crippen LogP contribution in [-0.4, -0.2) is 61.5 Å². The zero-order chi connectivity index (χ0) is 36.7. The van der Waals surface area contributed by atoms with E-state index in [9.17, 15) is 19.8 Å². The maximum Gasteiger partial charge on any atom is 0.204 e. The Balaban J connectivity index is 0.000000198. The quantitative estimate of drug-likeness (QED) is 0.134. The third-order valence-electron chi connectivity index (χ3n) is 8.08. The van der Waals surface area contributed by atoms with Crippen LogP contribution >= 0.6 is 0 Å². The molecule has 6 heterocycles. The number of aryl methyl sites for hydroxylation is 2. The molecule has 0 saturated heterocycles. The highest BCUT2D eigenvalue weighted by molar-refractivity contribution is 5.87. The standard InChI is InChI=1S/C19H21N5O2.C18H19N5O2/c1-3-5-13(25)8-6-12-7-9-14-16(26)15(18-21-10-11-22-18)17(20)24(4-2)19(14)23-12;1-3-12(24)7-5-11-6-8-13-15(25)14(17-20-9-10-21-17)16(19)23(4-2)18(13)22-11/h7,9-11,13,25H,3-5,20H2,1-2H3,(H,21,22);6,8-10,12,24H,3-4,19H2,1-2H3,(H,20,21). The van der Waals surface area contributed by atoms with E-state index >= 15 is 0 Å². The van der Waals surface area contributed by atoms with Crippen molar-refractivity contribution in [1.82, 2.24) is 39.0 Å². The van der Waals surface area contributed by atoms with Crippen LogP contribution in [0.2, 0.25) is 0 Å². The van der Waals surface area contributed by atoms with Crippen LogP contribution in [0, 0.1) is 23.7 Å². The van der Waals surface area contributed by atoms with Crippen molar-refractivity contribution in [3.63, 3.8) is 0 Å². The minimum absolute atomic E-state index is 0.227. The number of H-pyrrole nitrogens is 2. The Morgan fingerprint density at radius 1 is 0.725 bits per heavy atom. The molecule has 2 atom stereocenters. The summed E-state index contributed by atoms with van der Waals surface area (Å²) in [6, 6.07) is 6.72. The number of rotatable bonds is 7. The highest BCUT2D eigenvalue weighted by Crippen LogP contribution is 2.25. The summed E-state index contributed by atoms with van der Waals surface area (Å²) < 4.78 is 3.53. The Labute approximate surface area is 293 Å². The summed E-state index contributed by atoms with van der Waals surface area (Å²) in [4.78, 5) is 48.9. The van der Waals surface area contributed by atoms with Gasteiger partial charge in [-0.2, -0.15) is 0 Å². The number of aliphatic hydroxyl groups excluding tert-OH is 2. The molecule has 2 unspecified atom stereocenters. The molecule has 262 valence electrons. The number of fused-ring (bicyclic) bond motifs is 2. The maximum absolute atomic E-state index is 12.9. The zero-order valence-corrected chi connectivity index (χ0v) is 28.9. The van der Waals surface area contributed by atoms with Crippen molar-refractivity contribution >= 4 is 33.7 Å². The summed E-state index contributed by atoms with van der Waals surface area (Å²) in [7, 11) is 0. The molecule has 0 spiro atoms. The van der Waals surface area contributed by atoms with Gasteiger partial charge in [0.2, 0.25) is 10.9 Å². The Hall–Kier alpha value is -6.22. The molecule has 14 heteroatoms. The van der Waals surface area contributed by atoms with E-state index in [1.165, 1.54) is 0 Å². The monoisotopic (exact) mass is 688 g/mol. The molecule has 0 aromatic carbocycles. The summed E-state index contributed by atoms with van der Waals surface area (Å²) in [6.45, 7) is 8.76. The Morgan fingerprint density at radius 2 is 1.18 bits per heavy atom. The molecule has 0 aliphatic rings. The Morgan fingerprint density at radius 3 is 1.55 bits per heavy atom. The first-order chi connectivity index (χ1) is 24.6. The minimum atomic E-state index is -0.697. The van der Waals surface area contributed by atoms with Crippen LogP contribution in [-0.2, 0) is 13.1 Å². The average Bonchev–Trinajstić information content (AvgIpc) is 3.86. The number of aliphatic hydroxyl groups is 2. The van der Waals surface area contributed by atoms with Gasteiger partial charge in [-0.3, -0.25) is 9.59 Å². The van der Waals surface area contributed by atoms with Gasteiger partial charge in [-0.05, 0) is 62.8 Å². The number of hydrogen-bond donors (Lipinski definition) is 6. The molecule has 51 heavy (non-hydrogen) atoms. The van der Waals surface area contributed by atoms with Gasteiger partial charge >= 0.3 is 0 Å². The number of aromatic nitrogens is 8. The fourth-order valence-corrected chi connectivity index (χ4v) is 5.47. The molecule has 0 radical (unpaired) electrons. The summed E-state index contributed by atoms with van der Waals surface area (Å²) in [6.07, 6.45) is 7.06. The van der Waals surface area contributed by atoms with Crippen molar-refractivity contribution in [3.8, 4) is 46.5 Å². The SMILES string of the molecule is CCC(O)C#Cc1ccc2c(=O)c(-c3ncc[nH]3)c(N)n(CC)c2n1.CCCC(O)C#Cc1ccc2c(=O)c(-c3ncc[nH]3)c(N)n(CC)c2n1. The summed E-state index contributed by atoms with van der Waals surface area (Å²) in [5.41, 5.74) is 14.6. The number of aromatic amines is 2. The van der Waals surface area contributed by atoms with Crippen molar-refractivity contribution in [1.29, 1.82) is 0 Å². The van der Waals surface area contributed by atoms with Gasteiger partial charge in [0.05, 0.1) is 10.8 Å². The van der Waals surface area contributed by atoms with Crippen LogP contribution in [0.1, 0.15) is 58.3 Å². The molecule has 6 rings (SSSR count). The van der Waals surface area contributed by atoms with Gasteiger partial charge in [0.25, 0.3) is 0 Å². The van der Waals surface area contributed by atoms with Crippen molar-refractivity contribution in [3.05, 3.63) is 80.9 Å². The summed E-state index contributed by atoms with van der Waals surface area (Å²) in [5, 5.41) is 20.2. The lowest BCUT2D eigenvalue weighted by Gasteiger charge is -2.14. The van der Waals surface area contributed by atoms with Crippen LogP contribution in [0.4, 0.5) is 11.6 Å². The van der Waals surface area contributed by atoms with Gasteiger partial charge in [0, 0.05) is 37.9 Å². The number of nitrogens with two attached hydrogens (primary N) is 2. The predicted molar refractivity (Wildman–Crippen MR) is 198 cm³/mol. The summed E-state index contributed by atoms with van der Waals surface area (Å²) in [5.74, 6) is 12.7. The van der Waals surface area contributed by atoms with Crippen molar-refractivity contribution < 1.29 is 10.2 Å². The van der Waals surface area contributed by atoms with Crippen LogP contribution in [0.3, 0.4) is 0 Å². The van der Waals surface area contributed by atoms with Crippen molar-refractivity contribution in [2.75, 3.05) is 11.5 Å². The highest BCUT2D eigenvalue weighted by Gasteiger charge is 2.20. The molecular formula is C37H40N10O4. The maximum atomic E-state index is 12.9. The number of nitrogens with zero attached hydrogens (tertiary/aromatic N) is 6. The lowest BCUT2D eigenvalue weighted by Crippen LogP contribution is -2.18. The van der Waals surface area contributed by atoms with Gasteiger partial charge in [0.15, 0.2) is 0 Å². The number of pyridine rings is 4. The van der Waals surface area contributed by atoms with E-state index in [2.05, 4.69) is 53.6 Å². The average molecular weight is 689 g/mol. The van der Waals surface area contributed by atoms with E-state index in [-0.39, 0.29) is 10.9 Å². The molecule has 8 N–H and O–H groups in total. The Bertz CT molecular complexity index is 2410. The van der Waals surface area contributed by atoms with Crippen molar-refractivity contribution in [2.45, 2.75) is 72.3 Å². The smallest absolute Gasteiger partial charge is 0.204 e. The van der Waals surface area contributed by atoms with E-state index in [1.807, 2.05) is 27.7 Å². The molecule has 0 bridgehead atoms. The second-order valence-electron chi connectivity index (χ2n) is 11.4.